The summed E-state index contributed by atoms with van der Waals surface area (Å²) in [7, 11) is 3.68. The van der Waals surface area contributed by atoms with Crippen LogP contribution in [0.2, 0.25) is 0 Å². The standard InChI is InChI=1S/C8H9N5/c1-13(2)6-12-8-7(5-9)10-3-4-11-8/h3-4,6H,1-2H3/b12-6+. The molecule has 0 aliphatic rings. The maximum atomic E-state index is 8.64. The largest absolute Gasteiger partial charge is 0.369 e. The Morgan fingerprint density at radius 2 is 2.15 bits per heavy atom. The quantitative estimate of drug-likeness (QED) is 0.487. The van der Waals surface area contributed by atoms with E-state index in [0.717, 1.165) is 0 Å². The number of nitrogens with zero attached hydrogens (tertiary/aromatic N) is 5. The van der Waals surface area contributed by atoms with Gasteiger partial charge in [0.15, 0.2) is 11.5 Å². The van der Waals surface area contributed by atoms with Gasteiger partial charge in [0.05, 0.1) is 6.34 Å². The zero-order chi connectivity index (χ0) is 9.68. The van der Waals surface area contributed by atoms with Crippen molar-refractivity contribution >= 4 is 12.2 Å². The molecule has 0 amide bonds. The third kappa shape index (κ3) is 2.52. The Labute approximate surface area is 76.4 Å². The average Bonchev–Trinajstić information content (AvgIpc) is 2.15. The number of aromatic nitrogens is 2. The van der Waals surface area contributed by atoms with Crippen LogP contribution in [0.3, 0.4) is 0 Å². The van der Waals surface area contributed by atoms with Gasteiger partial charge in [0, 0.05) is 26.5 Å². The van der Waals surface area contributed by atoms with E-state index in [1.165, 1.54) is 12.4 Å². The Balaban J connectivity index is 2.95. The van der Waals surface area contributed by atoms with E-state index < -0.39 is 0 Å². The molecule has 1 heterocycles. The van der Waals surface area contributed by atoms with Crippen LogP contribution in [0, 0.1) is 11.3 Å². The van der Waals surface area contributed by atoms with Crippen LogP contribution in [0.1, 0.15) is 5.69 Å². The normalized spacial score (nSPS) is 9.92. The lowest BCUT2D eigenvalue weighted by Crippen LogP contribution is -2.07. The van der Waals surface area contributed by atoms with E-state index in [4.69, 9.17) is 5.26 Å². The molecule has 0 aliphatic carbocycles. The van der Waals surface area contributed by atoms with Crippen molar-refractivity contribution in [2.75, 3.05) is 14.1 Å². The molecule has 0 bridgehead atoms. The van der Waals surface area contributed by atoms with Gasteiger partial charge in [0.2, 0.25) is 0 Å². The van der Waals surface area contributed by atoms with Crippen LogP contribution in [0.5, 0.6) is 0 Å². The molecule has 5 nitrogen and oxygen atoms in total. The van der Waals surface area contributed by atoms with Gasteiger partial charge in [-0.15, -0.1) is 0 Å². The smallest absolute Gasteiger partial charge is 0.190 e. The van der Waals surface area contributed by atoms with Crippen molar-refractivity contribution in [1.82, 2.24) is 14.9 Å². The first-order valence-corrected chi connectivity index (χ1v) is 3.65. The first-order valence-electron chi connectivity index (χ1n) is 3.65. The molecule has 0 N–H and O–H groups in total. The summed E-state index contributed by atoms with van der Waals surface area (Å²) in [6, 6.07) is 1.91. The van der Waals surface area contributed by atoms with Gasteiger partial charge in [0.1, 0.15) is 6.07 Å². The van der Waals surface area contributed by atoms with Gasteiger partial charge in [-0.1, -0.05) is 0 Å². The van der Waals surface area contributed by atoms with E-state index in [0.29, 0.717) is 5.82 Å². The van der Waals surface area contributed by atoms with E-state index >= 15 is 0 Å². The summed E-state index contributed by atoms with van der Waals surface area (Å²) in [5.41, 5.74) is 0.237. The molecule has 0 saturated carbocycles. The molecule has 1 aromatic heterocycles. The van der Waals surface area contributed by atoms with Crippen LogP contribution < -0.4 is 0 Å². The minimum absolute atomic E-state index is 0.237. The van der Waals surface area contributed by atoms with Crippen LogP contribution >= 0.6 is 0 Å². The Morgan fingerprint density at radius 3 is 2.77 bits per heavy atom. The summed E-state index contributed by atoms with van der Waals surface area (Å²) in [6.07, 6.45) is 4.54. The van der Waals surface area contributed by atoms with Gasteiger partial charge in [-0.05, 0) is 0 Å². The van der Waals surface area contributed by atoms with Gasteiger partial charge in [0.25, 0.3) is 0 Å². The van der Waals surface area contributed by atoms with Crippen molar-refractivity contribution in [3.05, 3.63) is 18.1 Å². The van der Waals surface area contributed by atoms with Crippen molar-refractivity contribution < 1.29 is 0 Å². The van der Waals surface area contributed by atoms with Gasteiger partial charge < -0.3 is 4.90 Å². The Bertz CT molecular complexity index is 350. The van der Waals surface area contributed by atoms with Gasteiger partial charge in [-0.25, -0.2) is 15.0 Å². The summed E-state index contributed by atoms with van der Waals surface area (Å²) in [5.74, 6) is 0.346. The SMILES string of the molecule is CN(C)/C=N/c1nccnc1C#N. The van der Waals surface area contributed by atoms with Crippen LogP contribution in [0.15, 0.2) is 17.4 Å². The van der Waals surface area contributed by atoms with E-state index in [1.54, 1.807) is 11.2 Å². The molecule has 0 saturated heterocycles. The molecule has 0 atom stereocenters. The Morgan fingerprint density at radius 1 is 1.46 bits per heavy atom. The number of aliphatic imine (C=N–C) groups is 1. The van der Waals surface area contributed by atoms with Crippen molar-refractivity contribution in [3.63, 3.8) is 0 Å². The monoisotopic (exact) mass is 175 g/mol. The third-order valence-electron chi connectivity index (χ3n) is 1.20. The predicted octanol–water partition coefficient (Wildman–Crippen LogP) is 0.570. The first kappa shape index (κ1) is 9.13. The van der Waals surface area contributed by atoms with Crippen molar-refractivity contribution in [2.45, 2.75) is 0 Å². The predicted molar refractivity (Wildman–Crippen MR) is 48.6 cm³/mol. The molecule has 0 aliphatic heterocycles. The maximum absolute atomic E-state index is 8.64. The lowest BCUT2D eigenvalue weighted by molar-refractivity contribution is 0.643. The van der Waals surface area contributed by atoms with Crippen LogP contribution in [-0.2, 0) is 0 Å². The summed E-state index contributed by atoms with van der Waals surface area (Å²) in [4.78, 5) is 13.5. The second kappa shape index (κ2) is 4.16. The highest BCUT2D eigenvalue weighted by Gasteiger charge is 1.99. The van der Waals surface area contributed by atoms with Crippen LogP contribution in [0.25, 0.3) is 0 Å². The van der Waals surface area contributed by atoms with Crippen molar-refractivity contribution in [2.24, 2.45) is 4.99 Å². The van der Waals surface area contributed by atoms with E-state index in [2.05, 4.69) is 15.0 Å². The van der Waals surface area contributed by atoms with Crippen LogP contribution in [-0.4, -0.2) is 35.3 Å². The fraction of sp³-hybridized carbons (Fsp3) is 0.250. The summed E-state index contributed by atoms with van der Waals surface area (Å²) < 4.78 is 0. The molecule has 66 valence electrons. The van der Waals surface area contributed by atoms with E-state index in [-0.39, 0.29) is 5.69 Å². The molecule has 0 spiro atoms. The van der Waals surface area contributed by atoms with Crippen molar-refractivity contribution in [1.29, 1.82) is 5.26 Å². The molecular formula is C8H9N5. The summed E-state index contributed by atoms with van der Waals surface area (Å²) >= 11 is 0. The zero-order valence-corrected chi connectivity index (χ0v) is 7.47. The summed E-state index contributed by atoms with van der Waals surface area (Å²) in [5, 5.41) is 8.64. The first-order chi connectivity index (χ1) is 6.24. The fourth-order valence-electron chi connectivity index (χ4n) is 0.674. The molecule has 0 unspecified atom stereocenters. The van der Waals surface area contributed by atoms with Gasteiger partial charge >= 0.3 is 0 Å². The minimum Gasteiger partial charge on any atom is -0.369 e. The number of nitriles is 1. The van der Waals surface area contributed by atoms with Crippen LogP contribution in [0.4, 0.5) is 5.82 Å². The van der Waals surface area contributed by atoms with E-state index in [1.807, 2.05) is 20.2 Å². The molecule has 1 rings (SSSR count). The van der Waals surface area contributed by atoms with Crippen molar-refractivity contribution in [3.8, 4) is 6.07 Å². The molecule has 0 fully saturated rings. The molecule has 13 heavy (non-hydrogen) atoms. The van der Waals surface area contributed by atoms with Gasteiger partial charge in [-0.3, -0.25) is 0 Å². The number of hydrogen-bond donors (Lipinski definition) is 0. The lowest BCUT2D eigenvalue weighted by atomic mass is 10.4. The average molecular weight is 175 g/mol. The molecular weight excluding hydrogens is 166 g/mol. The zero-order valence-electron chi connectivity index (χ0n) is 7.47. The molecule has 0 aromatic carbocycles. The van der Waals surface area contributed by atoms with Gasteiger partial charge in [-0.2, -0.15) is 5.26 Å². The minimum atomic E-state index is 0.237. The molecule has 5 heteroatoms. The number of rotatable bonds is 2. The summed E-state index contributed by atoms with van der Waals surface area (Å²) in [6.45, 7) is 0. The highest BCUT2D eigenvalue weighted by Crippen LogP contribution is 2.09. The highest BCUT2D eigenvalue weighted by molar-refractivity contribution is 5.60. The lowest BCUT2D eigenvalue weighted by Gasteiger charge is -2.01. The maximum Gasteiger partial charge on any atom is 0.190 e. The van der Waals surface area contributed by atoms with E-state index in [9.17, 15) is 0 Å². The number of hydrogen-bond acceptors (Lipinski definition) is 4. The second-order valence-corrected chi connectivity index (χ2v) is 2.55. The molecule has 1 aromatic rings. The topological polar surface area (TPSA) is 65.2 Å². The Kier molecular flexibility index (Phi) is 2.92. The highest BCUT2D eigenvalue weighted by atomic mass is 15.1. The molecule has 0 radical (unpaired) electrons. The Hall–Kier alpha value is -1.96. The second-order valence-electron chi connectivity index (χ2n) is 2.55. The third-order valence-corrected chi connectivity index (χ3v) is 1.20. The fourth-order valence-corrected chi connectivity index (χ4v) is 0.674.